The molecule has 0 spiro atoms. The molecule has 0 saturated carbocycles. The molecule has 0 unspecified atom stereocenters. The molecular formula is C15H21N3. The second-order valence-corrected chi connectivity index (χ2v) is 4.62. The molecule has 0 atom stereocenters. The van der Waals surface area contributed by atoms with Crippen LogP contribution in [0.2, 0.25) is 0 Å². The number of nitrogens with one attached hydrogen (secondary N) is 1. The highest BCUT2D eigenvalue weighted by Gasteiger charge is 2.09. The molecule has 18 heavy (non-hydrogen) atoms. The molecule has 1 N–H and O–H groups in total. The Kier molecular flexibility index (Phi) is 4.15. The first-order chi connectivity index (χ1) is 8.76. The van der Waals surface area contributed by atoms with Crippen molar-refractivity contribution in [3.8, 4) is 11.4 Å². The Hall–Kier alpha value is -1.61. The summed E-state index contributed by atoms with van der Waals surface area (Å²) >= 11 is 0. The summed E-state index contributed by atoms with van der Waals surface area (Å²) in [4.78, 5) is 4.51. The minimum atomic E-state index is 0.891. The Balaban J connectivity index is 2.42. The Morgan fingerprint density at radius 3 is 2.89 bits per heavy atom. The lowest BCUT2D eigenvalue weighted by molar-refractivity contribution is 0.685. The SMILES string of the molecule is CCCn1ccnc1-c1cc(CNC)ccc1C. The molecule has 0 radical (unpaired) electrons. The first-order valence-electron chi connectivity index (χ1n) is 6.52. The van der Waals surface area contributed by atoms with Gasteiger partial charge in [0.2, 0.25) is 0 Å². The van der Waals surface area contributed by atoms with Crippen LogP contribution in [0, 0.1) is 6.92 Å². The van der Waals surface area contributed by atoms with Gasteiger partial charge in [-0.3, -0.25) is 0 Å². The second kappa shape index (κ2) is 5.83. The summed E-state index contributed by atoms with van der Waals surface area (Å²) in [5.41, 5.74) is 3.81. The van der Waals surface area contributed by atoms with E-state index in [0.29, 0.717) is 0 Å². The lowest BCUT2D eigenvalue weighted by atomic mass is 10.0. The standard InChI is InChI=1S/C15H21N3/c1-4-8-18-9-7-17-15(18)14-10-13(11-16-3)6-5-12(14)2/h5-7,9-10,16H,4,8,11H2,1-3H3. The fourth-order valence-corrected chi connectivity index (χ4v) is 2.20. The van der Waals surface area contributed by atoms with Crippen LogP contribution in [-0.4, -0.2) is 16.6 Å². The predicted molar refractivity (Wildman–Crippen MR) is 75.5 cm³/mol. The van der Waals surface area contributed by atoms with Crippen LogP contribution in [0.3, 0.4) is 0 Å². The van der Waals surface area contributed by atoms with Gasteiger partial charge >= 0.3 is 0 Å². The number of aromatic nitrogens is 2. The van der Waals surface area contributed by atoms with E-state index in [0.717, 1.165) is 25.3 Å². The third-order valence-corrected chi connectivity index (χ3v) is 3.10. The van der Waals surface area contributed by atoms with Crippen LogP contribution in [-0.2, 0) is 13.1 Å². The monoisotopic (exact) mass is 243 g/mol. The maximum atomic E-state index is 4.51. The number of nitrogens with zero attached hydrogens (tertiary/aromatic N) is 2. The molecule has 0 fully saturated rings. The molecule has 1 aromatic heterocycles. The van der Waals surface area contributed by atoms with E-state index in [2.05, 4.69) is 53.1 Å². The van der Waals surface area contributed by atoms with E-state index in [4.69, 9.17) is 0 Å². The Morgan fingerprint density at radius 1 is 1.33 bits per heavy atom. The van der Waals surface area contributed by atoms with Crippen LogP contribution in [0.5, 0.6) is 0 Å². The summed E-state index contributed by atoms with van der Waals surface area (Å²) in [6, 6.07) is 6.58. The van der Waals surface area contributed by atoms with Crippen molar-refractivity contribution in [2.45, 2.75) is 33.4 Å². The number of hydrogen-bond donors (Lipinski definition) is 1. The summed E-state index contributed by atoms with van der Waals surface area (Å²) in [5.74, 6) is 1.08. The van der Waals surface area contributed by atoms with Crippen LogP contribution in [0.15, 0.2) is 30.6 Å². The molecule has 0 bridgehead atoms. The van der Waals surface area contributed by atoms with Crippen LogP contribution >= 0.6 is 0 Å². The van der Waals surface area contributed by atoms with E-state index < -0.39 is 0 Å². The predicted octanol–water partition coefficient (Wildman–Crippen LogP) is 2.99. The summed E-state index contributed by atoms with van der Waals surface area (Å²) in [6.45, 7) is 6.24. The molecule has 2 rings (SSSR count). The van der Waals surface area contributed by atoms with Gasteiger partial charge in [0.15, 0.2) is 0 Å². The summed E-state index contributed by atoms with van der Waals surface area (Å²) in [5, 5.41) is 3.19. The first-order valence-corrected chi connectivity index (χ1v) is 6.52. The van der Waals surface area contributed by atoms with Gasteiger partial charge in [-0.1, -0.05) is 19.1 Å². The van der Waals surface area contributed by atoms with Crippen LogP contribution in [0.25, 0.3) is 11.4 Å². The smallest absolute Gasteiger partial charge is 0.140 e. The van der Waals surface area contributed by atoms with E-state index in [1.807, 2.05) is 13.2 Å². The van der Waals surface area contributed by atoms with Gasteiger partial charge in [0.25, 0.3) is 0 Å². The third kappa shape index (κ3) is 2.62. The van der Waals surface area contributed by atoms with Crippen molar-refractivity contribution in [3.05, 3.63) is 41.7 Å². The quantitative estimate of drug-likeness (QED) is 0.875. The Labute approximate surface area is 109 Å². The van der Waals surface area contributed by atoms with E-state index >= 15 is 0 Å². The average Bonchev–Trinajstić information content (AvgIpc) is 2.81. The zero-order chi connectivity index (χ0) is 13.0. The fraction of sp³-hybridized carbons (Fsp3) is 0.400. The Morgan fingerprint density at radius 2 is 2.17 bits per heavy atom. The van der Waals surface area contributed by atoms with Crippen molar-refractivity contribution in [1.82, 2.24) is 14.9 Å². The molecule has 3 nitrogen and oxygen atoms in total. The summed E-state index contributed by atoms with van der Waals surface area (Å²) in [7, 11) is 1.97. The van der Waals surface area contributed by atoms with Gasteiger partial charge in [-0.2, -0.15) is 0 Å². The van der Waals surface area contributed by atoms with Crippen molar-refractivity contribution in [2.75, 3.05) is 7.05 Å². The van der Waals surface area contributed by atoms with Gasteiger partial charge in [-0.05, 0) is 37.6 Å². The second-order valence-electron chi connectivity index (χ2n) is 4.62. The third-order valence-electron chi connectivity index (χ3n) is 3.10. The molecule has 0 amide bonds. The molecule has 1 heterocycles. The van der Waals surface area contributed by atoms with Gasteiger partial charge in [0, 0.05) is 31.0 Å². The number of benzene rings is 1. The lowest BCUT2D eigenvalue weighted by Gasteiger charge is -2.11. The molecule has 96 valence electrons. The maximum Gasteiger partial charge on any atom is 0.140 e. The largest absolute Gasteiger partial charge is 0.331 e. The normalized spacial score (nSPS) is 10.8. The molecule has 3 heteroatoms. The van der Waals surface area contributed by atoms with Crippen molar-refractivity contribution in [1.29, 1.82) is 0 Å². The molecule has 0 aliphatic carbocycles. The minimum absolute atomic E-state index is 0.891. The molecule has 2 aromatic rings. The number of aryl methyl sites for hydroxylation is 2. The molecular weight excluding hydrogens is 222 g/mol. The number of rotatable bonds is 5. The zero-order valence-corrected chi connectivity index (χ0v) is 11.4. The van der Waals surface area contributed by atoms with E-state index in [9.17, 15) is 0 Å². The van der Waals surface area contributed by atoms with Gasteiger partial charge in [0.1, 0.15) is 5.82 Å². The van der Waals surface area contributed by atoms with Crippen molar-refractivity contribution in [3.63, 3.8) is 0 Å². The number of imidazole rings is 1. The minimum Gasteiger partial charge on any atom is -0.331 e. The van der Waals surface area contributed by atoms with Crippen molar-refractivity contribution in [2.24, 2.45) is 0 Å². The van der Waals surface area contributed by atoms with Gasteiger partial charge in [0.05, 0.1) is 0 Å². The van der Waals surface area contributed by atoms with Gasteiger partial charge < -0.3 is 9.88 Å². The molecule has 0 aliphatic heterocycles. The first kappa shape index (κ1) is 12.8. The molecule has 0 saturated heterocycles. The summed E-state index contributed by atoms with van der Waals surface area (Å²) < 4.78 is 2.23. The van der Waals surface area contributed by atoms with Gasteiger partial charge in [-0.15, -0.1) is 0 Å². The van der Waals surface area contributed by atoms with E-state index in [1.165, 1.54) is 16.7 Å². The molecule has 0 aliphatic rings. The highest BCUT2D eigenvalue weighted by atomic mass is 15.1. The topological polar surface area (TPSA) is 29.9 Å². The van der Waals surface area contributed by atoms with Crippen molar-refractivity contribution >= 4 is 0 Å². The highest BCUT2D eigenvalue weighted by molar-refractivity contribution is 5.61. The van der Waals surface area contributed by atoms with E-state index in [-0.39, 0.29) is 0 Å². The zero-order valence-electron chi connectivity index (χ0n) is 11.4. The van der Waals surface area contributed by atoms with Crippen LogP contribution in [0.4, 0.5) is 0 Å². The molecule has 1 aromatic carbocycles. The number of hydrogen-bond acceptors (Lipinski definition) is 2. The van der Waals surface area contributed by atoms with Crippen molar-refractivity contribution < 1.29 is 0 Å². The fourth-order valence-electron chi connectivity index (χ4n) is 2.20. The van der Waals surface area contributed by atoms with Gasteiger partial charge in [-0.25, -0.2) is 4.98 Å². The Bertz CT molecular complexity index is 514. The van der Waals surface area contributed by atoms with Crippen LogP contribution < -0.4 is 5.32 Å². The maximum absolute atomic E-state index is 4.51. The summed E-state index contributed by atoms with van der Waals surface area (Å²) in [6.07, 6.45) is 5.07. The highest BCUT2D eigenvalue weighted by Crippen LogP contribution is 2.23. The van der Waals surface area contributed by atoms with E-state index in [1.54, 1.807) is 0 Å². The van der Waals surface area contributed by atoms with Crippen LogP contribution in [0.1, 0.15) is 24.5 Å². The average molecular weight is 243 g/mol. The lowest BCUT2D eigenvalue weighted by Crippen LogP contribution is -2.06.